The molecule has 1 spiro atoms. The van der Waals surface area contributed by atoms with E-state index in [0.717, 1.165) is 12.0 Å². The van der Waals surface area contributed by atoms with Crippen LogP contribution in [0.25, 0.3) is 0 Å². The number of carbonyl (C=O) groups excluding carboxylic acids is 3. The first-order valence-electron chi connectivity index (χ1n) is 13.9. The molecule has 2 aliphatic carbocycles. The normalized spacial score (nSPS) is 40.5. The summed E-state index contributed by atoms with van der Waals surface area (Å²) in [5, 5.41) is 0. The molecule has 1 aromatic carbocycles. The van der Waals surface area contributed by atoms with Crippen LogP contribution in [0.1, 0.15) is 85.3 Å². The second kappa shape index (κ2) is 9.63. The first kappa shape index (κ1) is 27.1. The van der Waals surface area contributed by atoms with Crippen molar-refractivity contribution in [3.8, 4) is 0 Å². The number of hydrogen-bond acceptors (Lipinski definition) is 8. The van der Waals surface area contributed by atoms with E-state index < -0.39 is 53.0 Å². The smallest absolute Gasteiger partial charge is 0.338 e. The first-order chi connectivity index (χ1) is 17.9. The Bertz CT molecular complexity index is 1080. The Morgan fingerprint density at radius 2 is 1.74 bits per heavy atom. The molecule has 4 fully saturated rings. The Labute approximate surface area is 224 Å². The molecule has 0 amide bonds. The number of benzene rings is 1. The van der Waals surface area contributed by atoms with Crippen LogP contribution in [0.15, 0.2) is 30.3 Å². The molecular weight excluding hydrogens is 488 g/mol. The number of esters is 3. The minimum Gasteiger partial charge on any atom is -0.460 e. The van der Waals surface area contributed by atoms with Crippen LogP contribution in [0.4, 0.5) is 0 Å². The van der Waals surface area contributed by atoms with Gasteiger partial charge in [-0.15, -0.1) is 0 Å². The maximum absolute atomic E-state index is 13.4. The topological polar surface area (TPSA) is 101 Å². The summed E-state index contributed by atoms with van der Waals surface area (Å²) in [6.07, 6.45) is -0.381. The Morgan fingerprint density at radius 1 is 1.03 bits per heavy atom. The maximum atomic E-state index is 13.4. The molecule has 2 heterocycles. The summed E-state index contributed by atoms with van der Waals surface area (Å²) in [6, 6.07) is 9.60. The van der Waals surface area contributed by atoms with Gasteiger partial charge in [0.15, 0.2) is 12.2 Å². The number of carbonyl (C=O) groups is 3. The van der Waals surface area contributed by atoms with E-state index in [0.29, 0.717) is 19.3 Å². The van der Waals surface area contributed by atoms with E-state index in [4.69, 9.17) is 23.7 Å². The van der Waals surface area contributed by atoms with Crippen molar-refractivity contribution in [2.24, 2.45) is 17.3 Å². The van der Waals surface area contributed by atoms with Gasteiger partial charge >= 0.3 is 17.9 Å². The monoisotopic (exact) mass is 528 g/mol. The second-order valence-electron chi connectivity index (χ2n) is 12.3. The maximum Gasteiger partial charge on any atom is 0.338 e. The van der Waals surface area contributed by atoms with Crippen molar-refractivity contribution < 1.29 is 38.1 Å². The fraction of sp³-hybridized carbons (Fsp3) is 0.700. The molecule has 0 aromatic heterocycles. The van der Waals surface area contributed by atoms with Gasteiger partial charge in [0.2, 0.25) is 0 Å². The molecule has 2 saturated carbocycles. The summed E-state index contributed by atoms with van der Waals surface area (Å²) in [4.78, 5) is 38.5. The average molecular weight is 529 g/mol. The van der Waals surface area contributed by atoms with Crippen molar-refractivity contribution in [1.82, 2.24) is 0 Å². The summed E-state index contributed by atoms with van der Waals surface area (Å²) in [5.74, 6) is -1.11. The fourth-order valence-electron chi connectivity index (χ4n) is 7.47. The van der Waals surface area contributed by atoms with Gasteiger partial charge in [0.25, 0.3) is 0 Å². The van der Waals surface area contributed by atoms with Crippen LogP contribution >= 0.6 is 0 Å². The Hall–Kier alpha value is -2.45. The molecule has 208 valence electrons. The third-order valence-electron chi connectivity index (χ3n) is 9.51. The second-order valence-corrected chi connectivity index (χ2v) is 12.3. The highest BCUT2D eigenvalue weighted by Crippen LogP contribution is 2.67. The van der Waals surface area contributed by atoms with E-state index in [2.05, 4.69) is 20.8 Å². The van der Waals surface area contributed by atoms with Crippen molar-refractivity contribution in [1.29, 1.82) is 0 Å². The van der Waals surface area contributed by atoms with Gasteiger partial charge in [0.05, 0.1) is 16.6 Å². The van der Waals surface area contributed by atoms with Gasteiger partial charge in [-0.1, -0.05) is 44.2 Å². The predicted octanol–water partition coefficient (Wildman–Crippen LogP) is 4.69. The van der Waals surface area contributed by atoms with Crippen LogP contribution < -0.4 is 0 Å². The third-order valence-corrected chi connectivity index (χ3v) is 9.51. The van der Waals surface area contributed by atoms with Gasteiger partial charge in [-0.2, -0.15) is 0 Å². The highest BCUT2D eigenvalue weighted by Gasteiger charge is 2.75. The molecule has 2 aliphatic heterocycles. The molecule has 2 bridgehead atoms. The van der Waals surface area contributed by atoms with E-state index in [1.54, 1.807) is 0 Å². The molecule has 0 radical (unpaired) electrons. The Kier molecular flexibility index (Phi) is 6.87. The number of hydrogen-bond donors (Lipinski definition) is 0. The molecule has 1 aromatic rings. The van der Waals surface area contributed by atoms with Crippen molar-refractivity contribution in [2.75, 3.05) is 0 Å². The summed E-state index contributed by atoms with van der Waals surface area (Å²) < 4.78 is 30.9. The van der Waals surface area contributed by atoms with Gasteiger partial charge in [-0.25, -0.2) is 4.79 Å². The number of ether oxygens (including phenoxy) is 5. The number of rotatable bonds is 7. The van der Waals surface area contributed by atoms with E-state index in [1.807, 2.05) is 44.2 Å². The molecular formula is C30H40O8. The molecule has 38 heavy (non-hydrogen) atoms. The summed E-state index contributed by atoms with van der Waals surface area (Å²) in [6.45, 7) is 11.5. The lowest BCUT2D eigenvalue weighted by molar-refractivity contribution is -0.285. The van der Waals surface area contributed by atoms with Crippen molar-refractivity contribution >= 4 is 17.9 Å². The summed E-state index contributed by atoms with van der Waals surface area (Å²) >= 11 is 0. The number of fused-ring (bicyclic) bond motifs is 1. The van der Waals surface area contributed by atoms with E-state index in [9.17, 15) is 14.4 Å². The lowest BCUT2D eigenvalue weighted by atomic mass is 9.49. The Balaban J connectivity index is 1.49. The molecule has 4 unspecified atom stereocenters. The molecule has 2 saturated heterocycles. The quantitative estimate of drug-likeness (QED) is 0.286. The van der Waals surface area contributed by atoms with E-state index in [-0.39, 0.29) is 30.3 Å². The van der Waals surface area contributed by atoms with Gasteiger partial charge in [0, 0.05) is 13.3 Å². The van der Waals surface area contributed by atoms with Crippen LogP contribution in [-0.2, 0) is 38.1 Å². The fourth-order valence-corrected chi connectivity index (χ4v) is 7.47. The molecule has 8 nitrogen and oxygen atoms in total. The summed E-state index contributed by atoms with van der Waals surface area (Å²) in [7, 11) is 0. The van der Waals surface area contributed by atoms with Gasteiger partial charge < -0.3 is 23.7 Å². The molecule has 5 rings (SSSR count). The lowest BCUT2D eigenvalue weighted by Crippen LogP contribution is -2.71. The zero-order valence-electron chi connectivity index (χ0n) is 23.2. The molecule has 4 aliphatic rings. The highest BCUT2D eigenvalue weighted by atomic mass is 16.6. The number of epoxide rings is 1. The largest absolute Gasteiger partial charge is 0.460 e. The first-order valence-corrected chi connectivity index (χ1v) is 13.9. The van der Waals surface area contributed by atoms with Crippen molar-refractivity contribution in [3.05, 3.63) is 35.9 Å². The third kappa shape index (κ3) is 4.34. The van der Waals surface area contributed by atoms with Crippen molar-refractivity contribution in [3.63, 3.8) is 0 Å². The average Bonchev–Trinajstić information content (AvgIpc) is 3.61. The van der Waals surface area contributed by atoms with Crippen LogP contribution in [-0.4, -0.2) is 53.5 Å². The highest BCUT2D eigenvalue weighted by molar-refractivity contribution is 5.79. The minimum atomic E-state index is -0.940. The van der Waals surface area contributed by atoms with Crippen LogP contribution in [0.2, 0.25) is 0 Å². The summed E-state index contributed by atoms with van der Waals surface area (Å²) in [5.41, 5.74) is -1.19. The molecule has 9 atom stereocenters. The van der Waals surface area contributed by atoms with Crippen LogP contribution in [0.3, 0.4) is 0 Å². The zero-order chi connectivity index (χ0) is 27.5. The SMILES string of the molecule is CCCC(=O)OC1C[C@@H](C)[C@@]23C[C@@H](C[C@H](OC(=O)C4OC4c4ccccc4)[C@]2(C)C1OC(C)=O)C(C)(C)O3. The predicted molar refractivity (Wildman–Crippen MR) is 137 cm³/mol. The minimum absolute atomic E-state index is 0.0289. The standard InChI is InChI=1S/C30H40O8/c1-7-11-23(32)35-21-14-17(2)30-16-20(28(4,5)38-30)15-22(29(30,6)26(21)34-18(3)31)36-27(33)25-24(37-25)19-12-9-8-10-13-19/h8-10,12-13,17,20-22,24-26H,7,11,14-16H2,1-6H3/t17-,20-,21?,22+,24?,25?,26?,29-,30+/m1/s1. The van der Waals surface area contributed by atoms with Crippen LogP contribution in [0.5, 0.6) is 0 Å². The van der Waals surface area contributed by atoms with E-state index >= 15 is 0 Å². The molecule has 8 heteroatoms. The lowest BCUT2D eigenvalue weighted by Gasteiger charge is -2.61. The van der Waals surface area contributed by atoms with Crippen molar-refractivity contribution in [2.45, 2.75) is 115 Å². The van der Waals surface area contributed by atoms with Gasteiger partial charge in [-0.3, -0.25) is 9.59 Å². The van der Waals surface area contributed by atoms with Gasteiger partial charge in [0.1, 0.15) is 18.3 Å². The van der Waals surface area contributed by atoms with Gasteiger partial charge in [-0.05, 0) is 63.9 Å². The van der Waals surface area contributed by atoms with E-state index in [1.165, 1.54) is 6.92 Å². The zero-order valence-corrected chi connectivity index (χ0v) is 23.2. The Morgan fingerprint density at radius 3 is 2.39 bits per heavy atom. The molecule has 0 N–H and O–H groups in total. The van der Waals surface area contributed by atoms with Crippen LogP contribution in [0, 0.1) is 17.3 Å².